The number of hydrogen-bond acceptors (Lipinski definition) is 6. The Morgan fingerprint density at radius 1 is 1.21 bits per heavy atom. The second kappa shape index (κ2) is 9.15. The van der Waals surface area contributed by atoms with Crippen molar-refractivity contribution in [2.24, 2.45) is 0 Å². The van der Waals surface area contributed by atoms with Gasteiger partial charge in [0.05, 0.1) is 16.4 Å². The van der Waals surface area contributed by atoms with Crippen LogP contribution in [0.3, 0.4) is 0 Å². The molecule has 0 bridgehead atoms. The zero-order chi connectivity index (χ0) is 21.3. The van der Waals surface area contributed by atoms with Crippen LogP contribution in [-0.2, 0) is 17.8 Å². The Labute approximate surface area is 188 Å². The van der Waals surface area contributed by atoms with E-state index in [1.165, 1.54) is 35.2 Å². The highest BCUT2D eigenvalue weighted by molar-refractivity contribution is 9.10. The van der Waals surface area contributed by atoms with Crippen molar-refractivity contribution in [2.75, 3.05) is 6.26 Å². The van der Waals surface area contributed by atoms with E-state index in [4.69, 9.17) is 0 Å². The SMILES string of the molecule is CSc1nc2nc([C@H](Cc3cc(F)cc(F)c3)N[S@@+]([O-])C(C)(C)C)c(Br)cc2s1. The van der Waals surface area contributed by atoms with Crippen LogP contribution < -0.4 is 4.72 Å². The average molecular weight is 520 g/mol. The first kappa shape index (κ1) is 22.9. The van der Waals surface area contributed by atoms with E-state index in [1.807, 2.05) is 33.1 Å². The first-order valence-electron chi connectivity index (χ1n) is 8.71. The first-order valence-corrected chi connectivity index (χ1v) is 12.7. The Morgan fingerprint density at radius 2 is 1.86 bits per heavy atom. The van der Waals surface area contributed by atoms with Gasteiger partial charge in [-0.2, -0.15) is 0 Å². The third kappa shape index (κ3) is 5.68. The summed E-state index contributed by atoms with van der Waals surface area (Å²) in [6, 6.07) is 4.78. The molecule has 2 aromatic heterocycles. The molecule has 2 atom stereocenters. The standard InChI is InChI=1S/C19H20BrF2N3OS3/c1-19(2,3)29(26)25-14(7-10-5-11(21)8-12(22)6-10)16-13(20)9-15-17(23-16)24-18(27-4)28-15/h5-6,8-9,14,25H,7H2,1-4H3/t14-,29-/m0/s1. The topological polar surface area (TPSA) is 60.9 Å². The first-order chi connectivity index (χ1) is 13.6. The summed E-state index contributed by atoms with van der Waals surface area (Å²) in [5.41, 5.74) is 1.64. The molecule has 3 aromatic rings. The van der Waals surface area contributed by atoms with Crippen LogP contribution in [0, 0.1) is 11.6 Å². The van der Waals surface area contributed by atoms with Crippen molar-refractivity contribution in [1.29, 1.82) is 0 Å². The van der Waals surface area contributed by atoms with Gasteiger partial charge in [0.1, 0.15) is 16.4 Å². The molecule has 0 fully saturated rings. The fourth-order valence-electron chi connectivity index (χ4n) is 2.63. The molecule has 0 spiro atoms. The molecule has 0 aliphatic heterocycles. The van der Waals surface area contributed by atoms with E-state index in [1.54, 1.807) is 0 Å². The molecule has 3 rings (SSSR count). The number of thiazole rings is 1. The molecular formula is C19H20BrF2N3OS3. The minimum Gasteiger partial charge on any atom is -0.598 e. The van der Waals surface area contributed by atoms with E-state index < -0.39 is 33.8 Å². The van der Waals surface area contributed by atoms with E-state index in [9.17, 15) is 13.3 Å². The van der Waals surface area contributed by atoms with Gasteiger partial charge >= 0.3 is 0 Å². The summed E-state index contributed by atoms with van der Waals surface area (Å²) in [6.45, 7) is 5.56. The minimum atomic E-state index is -1.41. The van der Waals surface area contributed by atoms with Crippen molar-refractivity contribution in [2.45, 2.75) is 42.3 Å². The smallest absolute Gasteiger partial charge is 0.171 e. The van der Waals surface area contributed by atoms with Gasteiger partial charge in [0.2, 0.25) is 0 Å². The number of nitrogens with one attached hydrogen (secondary N) is 1. The highest BCUT2D eigenvalue weighted by atomic mass is 79.9. The lowest BCUT2D eigenvalue weighted by atomic mass is 10.0. The van der Waals surface area contributed by atoms with Gasteiger partial charge in [-0.15, -0.1) is 16.1 Å². The lowest BCUT2D eigenvalue weighted by Crippen LogP contribution is -2.42. The van der Waals surface area contributed by atoms with Gasteiger partial charge in [-0.25, -0.2) is 18.7 Å². The van der Waals surface area contributed by atoms with Crippen LogP contribution in [-0.4, -0.2) is 25.5 Å². The van der Waals surface area contributed by atoms with Crippen LogP contribution in [0.4, 0.5) is 8.78 Å². The number of nitrogens with zero attached hydrogens (tertiary/aromatic N) is 2. The molecule has 10 heteroatoms. The van der Waals surface area contributed by atoms with E-state index >= 15 is 0 Å². The maximum atomic E-state index is 13.7. The molecule has 0 aliphatic carbocycles. The summed E-state index contributed by atoms with van der Waals surface area (Å²) in [7, 11) is 0. The van der Waals surface area contributed by atoms with Crippen LogP contribution in [0.1, 0.15) is 38.1 Å². The fraction of sp³-hybridized carbons (Fsp3) is 0.368. The molecule has 0 amide bonds. The minimum absolute atomic E-state index is 0.215. The van der Waals surface area contributed by atoms with Gasteiger partial charge in [-0.3, -0.25) is 0 Å². The third-order valence-corrected chi connectivity index (χ3v) is 8.24. The van der Waals surface area contributed by atoms with Crippen molar-refractivity contribution < 1.29 is 13.3 Å². The Hall–Kier alpha value is -0.780. The Morgan fingerprint density at radius 3 is 2.45 bits per heavy atom. The molecule has 1 aromatic carbocycles. The van der Waals surface area contributed by atoms with Crippen LogP contribution in [0.5, 0.6) is 0 Å². The van der Waals surface area contributed by atoms with E-state index in [0.29, 0.717) is 16.9 Å². The second-order valence-corrected chi connectivity index (χ2v) is 12.3. The molecule has 2 heterocycles. The summed E-state index contributed by atoms with van der Waals surface area (Å²) in [5, 5.41) is 0. The van der Waals surface area contributed by atoms with Crippen molar-refractivity contribution >= 4 is 60.7 Å². The van der Waals surface area contributed by atoms with Crippen LogP contribution in [0.2, 0.25) is 0 Å². The number of fused-ring (bicyclic) bond motifs is 1. The summed E-state index contributed by atoms with van der Waals surface area (Å²) in [5.74, 6) is -1.30. The highest BCUT2D eigenvalue weighted by Crippen LogP contribution is 2.34. The maximum absolute atomic E-state index is 13.7. The van der Waals surface area contributed by atoms with Gasteiger partial charge in [0, 0.05) is 21.9 Å². The summed E-state index contributed by atoms with van der Waals surface area (Å²) in [4.78, 5) is 9.18. The number of pyridine rings is 1. The van der Waals surface area contributed by atoms with Crippen molar-refractivity contribution in [3.8, 4) is 0 Å². The number of aromatic nitrogens is 2. The maximum Gasteiger partial charge on any atom is 0.171 e. The van der Waals surface area contributed by atoms with Gasteiger partial charge < -0.3 is 4.55 Å². The quantitative estimate of drug-likeness (QED) is 0.329. The zero-order valence-corrected chi connectivity index (χ0v) is 20.3. The van der Waals surface area contributed by atoms with Gasteiger partial charge in [0.25, 0.3) is 0 Å². The van der Waals surface area contributed by atoms with Crippen LogP contribution in [0.25, 0.3) is 10.3 Å². The normalized spacial score (nSPS) is 14.3. The average Bonchev–Trinajstić information content (AvgIpc) is 3.00. The molecule has 1 N–H and O–H groups in total. The van der Waals surface area contributed by atoms with E-state index in [0.717, 1.165) is 19.6 Å². The lowest BCUT2D eigenvalue weighted by molar-refractivity contribution is 0.516. The summed E-state index contributed by atoms with van der Waals surface area (Å²) < 4.78 is 45.3. The monoisotopic (exact) mass is 519 g/mol. The number of hydrogen-bond donors (Lipinski definition) is 1. The van der Waals surface area contributed by atoms with Crippen LogP contribution >= 0.6 is 39.0 Å². The zero-order valence-electron chi connectivity index (χ0n) is 16.3. The predicted octanol–water partition coefficient (Wildman–Crippen LogP) is 5.79. The highest BCUT2D eigenvalue weighted by Gasteiger charge is 2.32. The summed E-state index contributed by atoms with van der Waals surface area (Å²) in [6.07, 6.45) is 2.16. The van der Waals surface area contributed by atoms with Crippen molar-refractivity contribution in [3.05, 3.63) is 51.6 Å². The van der Waals surface area contributed by atoms with Gasteiger partial charge in [0.15, 0.2) is 9.99 Å². The van der Waals surface area contributed by atoms with Crippen molar-refractivity contribution in [3.63, 3.8) is 0 Å². The molecule has 0 saturated carbocycles. The summed E-state index contributed by atoms with van der Waals surface area (Å²) >= 11 is 5.22. The molecular weight excluding hydrogens is 500 g/mol. The van der Waals surface area contributed by atoms with Crippen molar-refractivity contribution in [1.82, 2.24) is 14.7 Å². The Bertz CT molecular complexity index is 1010. The van der Waals surface area contributed by atoms with E-state index in [-0.39, 0.29) is 6.42 Å². The van der Waals surface area contributed by atoms with Gasteiger partial charge in [-0.05, 0) is 73.1 Å². The van der Waals surface area contributed by atoms with E-state index in [2.05, 4.69) is 30.6 Å². The molecule has 0 saturated heterocycles. The number of benzene rings is 1. The predicted molar refractivity (Wildman–Crippen MR) is 121 cm³/mol. The lowest BCUT2D eigenvalue weighted by Gasteiger charge is -2.28. The Balaban J connectivity index is 2.03. The molecule has 0 aliphatic rings. The number of thioether (sulfide) groups is 1. The Kier molecular flexibility index (Phi) is 7.23. The molecule has 0 unspecified atom stereocenters. The van der Waals surface area contributed by atoms with Gasteiger partial charge in [-0.1, -0.05) is 11.8 Å². The molecule has 0 radical (unpaired) electrons. The second-order valence-electron chi connectivity index (χ2n) is 7.39. The third-order valence-electron chi connectivity index (χ3n) is 4.02. The van der Waals surface area contributed by atoms with Crippen LogP contribution in [0.15, 0.2) is 33.1 Å². The number of rotatable bonds is 6. The largest absolute Gasteiger partial charge is 0.598 e. The molecule has 156 valence electrons. The fourth-order valence-corrected chi connectivity index (χ4v) is 5.64. The molecule has 29 heavy (non-hydrogen) atoms. The molecule has 4 nitrogen and oxygen atoms in total. The number of halogens is 3.